The van der Waals surface area contributed by atoms with Crippen LogP contribution in [-0.2, 0) is 20.7 Å². The summed E-state index contributed by atoms with van der Waals surface area (Å²) >= 11 is 0. The zero-order chi connectivity index (χ0) is 23.1. The van der Waals surface area contributed by atoms with Crippen LogP contribution in [0.2, 0.25) is 0 Å². The monoisotopic (exact) mass is 454 g/mol. The Bertz CT molecular complexity index is 801. The van der Waals surface area contributed by atoms with Crippen LogP contribution in [0.4, 0.5) is 14.5 Å². The highest BCUT2D eigenvalue weighted by Gasteiger charge is 2.40. The van der Waals surface area contributed by atoms with Gasteiger partial charge in [0.2, 0.25) is 5.91 Å². The van der Waals surface area contributed by atoms with Crippen molar-refractivity contribution in [2.75, 3.05) is 31.1 Å². The third-order valence-corrected chi connectivity index (χ3v) is 6.38. The van der Waals surface area contributed by atoms with Crippen LogP contribution in [0.5, 0.6) is 5.75 Å². The van der Waals surface area contributed by atoms with Crippen LogP contribution < -0.4 is 15.0 Å². The summed E-state index contributed by atoms with van der Waals surface area (Å²) in [5.41, 5.74) is 1.93. The van der Waals surface area contributed by atoms with Crippen LogP contribution in [-0.4, -0.2) is 50.1 Å². The van der Waals surface area contributed by atoms with Crippen molar-refractivity contribution in [1.82, 2.24) is 5.32 Å². The number of halogens is 2. The number of alkyl halides is 2. The van der Waals surface area contributed by atoms with Gasteiger partial charge in [0.1, 0.15) is 5.75 Å². The number of nitrogens with zero attached hydrogens (tertiary/aromatic N) is 1. The van der Waals surface area contributed by atoms with Crippen LogP contribution in [0.25, 0.3) is 0 Å². The molecule has 8 heteroatoms. The van der Waals surface area contributed by atoms with E-state index in [-0.39, 0.29) is 38.8 Å². The Morgan fingerprint density at radius 1 is 1.22 bits per heavy atom. The fourth-order valence-corrected chi connectivity index (χ4v) is 4.51. The van der Waals surface area contributed by atoms with Gasteiger partial charge >= 0.3 is 5.97 Å². The third kappa shape index (κ3) is 6.18. The highest BCUT2D eigenvalue weighted by Crippen LogP contribution is 2.40. The number of carbonyl (C=O) groups is 2. The number of hydrogen-bond donors (Lipinski definition) is 1. The van der Waals surface area contributed by atoms with Crippen molar-refractivity contribution < 1.29 is 29.3 Å². The Labute approximate surface area is 190 Å². The summed E-state index contributed by atoms with van der Waals surface area (Å²) in [4.78, 5) is 25.7. The number of hydrogen-bond acceptors (Lipinski definition) is 5. The van der Waals surface area contributed by atoms with E-state index in [4.69, 9.17) is 9.47 Å². The van der Waals surface area contributed by atoms with E-state index in [2.05, 4.69) is 5.32 Å². The van der Waals surface area contributed by atoms with E-state index >= 15 is 0 Å². The SMILES string of the molecule is CCOC(=O)CCNCC(=O)N1CCc2cc(OC3CCC(C(F)(F)CC)CC3)ccc21.[HH]. The summed E-state index contributed by atoms with van der Waals surface area (Å²) in [6, 6.07) is 5.71. The van der Waals surface area contributed by atoms with Crippen LogP contribution in [0, 0.1) is 5.92 Å². The van der Waals surface area contributed by atoms with Crippen molar-refractivity contribution in [1.29, 1.82) is 0 Å². The van der Waals surface area contributed by atoms with Crippen molar-refractivity contribution in [3.05, 3.63) is 23.8 Å². The van der Waals surface area contributed by atoms with Gasteiger partial charge in [0.15, 0.2) is 0 Å². The third-order valence-electron chi connectivity index (χ3n) is 6.38. The highest BCUT2D eigenvalue weighted by molar-refractivity contribution is 5.96. The van der Waals surface area contributed by atoms with Crippen LogP contribution in [0.15, 0.2) is 18.2 Å². The average Bonchev–Trinajstić information content (AvgIpc) is 3.20. The van der Waals surface area contributed by atoms with Crippen LogP contribution in [0.3, 0.4) is 0 Å². The van der Waals surface area contributed by atoms with Crippen LogP contribution in [0.1, 0.15) is 59.4 Å². The zero-order valence-electron chi connectivity index (χ0n) is 19.0. The molecule has 3 rings (SSSR count). The minimum absolute atomic E-state index is 0. The van der Waals surface area contributed by atoms with Gasteiger partial charge in [-0.1, -0.05) is 6.92 Å². The van der Waals surface area contributed by atoms with E-state index in [0.29, 0.717) is 45.4 Å². The van der Waals surface area contributed by atoms with E-state index in [0.717, 1.165) is 23.4 Å². The summed E-state index contributed by atoms with van der Waals surface area (Å²) in [5.74, 6) is -2.72. The zero-order valence-corrected chi connectivity index (χ0v) is 19.0. The lowest BCUT2D eigenvalue weighted by molar-refractivity contribution is -0.143. The molecule has 1 saturated carbocycles. The van der Waals surface area contributed by atoms with E-state index < -0.39 is 11.8 Å². The van der Waals surface area contributed by atoms with Crippen molar-refractivity contribution in [3.63, 3.8) is 0 Å². The Morgan fingerprint density at radius 3 is 2.66 bits per heavy atom. The molecule has 0 unspecified atom stereocenters. The van der Waals surface area contributed by atoms with Gasteiger partial charge in [-0.25, -0.2) is 8.78 Å². The van der Waals surface area contributed by atoms with Gasteiger partial charge in [0.25, 0.3) is 5.92 Å². The van der Waals surface area contributed by atoms with Crippen LogP contribution >= 0.6 is 0 Å². The standard InChI is InChI=1S/C24H34F2N2O4.H2/c1-3-24(25,26)18-5-7-19(8-6-18)32-20-9-10-21-17(15-20)12-14-28(21)22(29)16-27-13-11-23(30)31-4-2;/h9-10,15,18-19,27H,3-8,11-14,16H2,1-2H3;1H. The summed E-state index contributed by atoms with van der Waals surface area (Å²) < 4.78 is 38.8. The Hall–Kier alpha value is -2.22. The summed E-state index contributed by atoms with van der Waals surface area (Å²) in [7, 11) is 0. The fraction of sp³-hybridized carbons (Fsp3) is 0.667. The molecule has 1 amide bonds. The number of ether oxygens (including phenoxy) is 2. The first-order chi connectivity index (χ1) is 15.3. The lowest BCUT2D eigenvalue weighted by atomic mass is 9.82. The molecule has 1 aromatic rings. The van der Waals surface area contributed by atoms with Crippen molar-refractivity contribution in [2.24, 2.45) is 5.92 Å². The second-order valence-electron chi connectivity index (χ2n) is 8.52. The molecule has 1 aliphatic carbocycles. The number of fused-ring (bicyclic) bond motifs is 1. The van der Waals surface area contributed by atoms with E-state index in [1.165, 1.54) is 0 Å². The maximum Gasteiger partial charge on any atom is 0.307 e. The number of benzene rings is 1. The molecular formula is C24H36F2N2O4. The molecule has 1 N–H and O–H groups in total. The largest absolute Gasteiger partial charge is 0.490 e. The highest BCUT2D eigenvalue weighted by atomic mass is 19.3. The number of anilines is 1. The molecule has 0 bridgehead atoms. The molecule has 0 spiro atoms. The topological polar surface area (TPSA) is 67.9 Å². The molecule has 1 fully saturated rings. The number of rotatable bonds is 10. The lowest BCUT2D eigenvalue weighted by Crippen LogP contribution is -2.37. The maximum atomic E-state index is 13.9. The minimum Gasteiger partial charge on any atom is -0.490 e. The molecule has 32 heavy (non-hydrogen) atoms. The van der Waals surface area contributed by atoms with Gasteiger partial charge in [-0.3, -0.25) is 9.59 Å². The molecule has 0 aromatic heterocycles. The van der Waals surface area contributed by atoms with E-state index in [1.807, 2.05) is 18.2 Å². The fourth-order valence-electron chi connectivity index (χ4n) is 4.51. The summed E-state index contributed by atoms with van der Waals surface area (Å²) in [6.45, 7) is 4.81. The van der Waals surface area contributed by atoms with Crippen molar-refractivity contribution in [2.45, 2.75) is 70.8 Å². The number of carbonyl (C=O) groups excluding carboxylic acids is 2. The molecule has 2 aliphatic rings. The quantitative estimate of drug-likeness (QED) is 0.421. The van der Waals surface area contributed by atoms with E-state index in [9.17, 15) is 18.4 Å². The second kappa shape index (κ2) is 11.1. The molecule has 0 atom stereocenters. The van der Waals surface area contributed by atoms with Gasteiger partial charge < -0.3 is 19.7 Å². The Kier molecular flexibility index (Phi) is 8.45. The molecule has 1 aromatic carbocycles. The summed E-state index contributed by atoms with van der Waals surface area (Å²) in [5, 5.41) is 3.00. The maximum absolute atomic E-state index is 13.9. The van der Waals surface area contributed by atoms with E-state index in [1.54, 1.807) is 18.7 Å². The van der Waals surface area contributed by atoms with Crippen molar-refractivity contribution in [3.8, 4) is 5.75 Å². The average molecular weight is 455 g/mol. The van der Waals surface area contributed by atoms with Gasteiger partial charge in [-0.2, -0.15) is 0 Å². The smallest absolute Gasteiger partial charge is 0.307 e. The second-order valence-corrected chi connectivity index (χ2v) is 8.52. The molecular weight excluding hydrogens is 418 g/mol. The first kappa shape index (κ1) is 24.4. The Morgan fingerprint density at radius 2 is 1.97 bits per heavy atom. The normalized spacial score (nSPS) is 20.7. The van der Waals surface area contributed by atoms with Gasteiger partial charge in [0, 0.05) is 32.5 Å². The summed E-state index contributed by atoms with van der Waals surface area (Å²) in [6.07, 6.45) is 3.08. The van der Waals surface area contributed by atoms with Gasteiger partial charge in [-0.05, 0) is 62.8 Å². The predicted octanol–water partition coefficient (Wildman–Crippen LogP) is 4.35. The van der Waals surface area contributed by atoms with Gasteiger partial charge in [-0.15, -0.1) is 0 Å². The van der Waals surface area contributed by atoms with Crippen molar-refractivity contribution >= 4 is 17.6 Å². The lowest BCUT2D eigenvalue weighted by Gasteiger charge is -2.33. The molecule has 0 radical (unpaired) electrons. The number of nitrogens with one attached hydrogen (secondary N) is 1. The first-order valence-corrected chi connectivity index (χ1v) is 11.7. The molecule has 1 heterocycles. The molecule has 1 aliphatic heterocycles. The number of esters is 1. The molecule has 0 saturated heterocycles. The molecule has 6 nitrogen and oxygen atoms in total. The predicted molar refractivity (Wildman–Crippen MR) is 120 cm³/mol. The number of amides is 1. The minimum atomic E-state index is -2.58. The van der Waals surface area contributed by atoms with Gasteiger partial charge in [0.05, 0.1) is 25.7 Å². The first-order valence-electron chi connectivity index (χ1n) is 11.7. The Balaban J connectivity index is 0.00000385. The molecule has 180 valence electrons.